The van der Waals surface area contributed by atoms with Crippen molar-refractivity contribution in [1.29, 1.82) is 10.8 Å². The number of guanidine groups is 2. The molecule has 3 aromatic carbocycles. The zero-order valence-corrected chi connectivity index (χ0v) is 75.0. The summed E-state index contributed by atoms with van der Waals surface area (Å²) in [6, 6.07) is -1.90. The molecule has 0 bridgehead atoms. The number of carbonyl (C=O) groups is 18. The lowest BCUT2D eigenvalue weighted by atomic mass is 9.96. The molecule has 724 valence electrons. The third kappa shape index (κ3) is 42.0. The largest absolute Gasteiger partial charge is 0.508 e. The summed E-state index contributed by atoms with van der Waals surface area (Å²) in [5, 5.41) is 117. The van der Waals surface area contributed by atoms with E-state index in [1.807, 2.05) is 0 Å². The van der Waals surface area contributed by atoms with Crippen molar-refractivity contribution < 1.29 is 117 Å². The molecule has 31 N–H and O–H groups in total. The molecule has 0 heterocycles. The lowest BCUT2D eigenvalue weighted by Gasteiger charge is -2.30. The maximum atomic E-state index is 14.7. The van der Waals surface area contributed by atoms with Crippen molar-refractivity contribution in [2.45, 2.75) is 243 Å². The van der Waals surface area contributed by atoms with Gasteiger partial charge in [0.1, 0.15) is 96.4 Å². The van der Waals surface area contributed by atoms with E-state index in [4.69, 9.17) is 28.0 Å². The summed E-state index contributed by atoms with van der Waals surface area (Å²) >= 11 is 0. The van der Waals surface area contributed by atoms with Crippen LogP contribution < -0.4 is 108 Å². The molecule has 0 aliphatic carbocycles. The number of carbonyl (C=O) groups excluding carboxylic acids is 15. The molecule has 0 saturated carbocycles. The Morgan fingerprint density at radius 2 is 0.733 bits per heavy atom. The number of hydrogen-bond donors (Lipinski definition) is 28. The van der Waals surface area contributed by atoms with Crippen molar-refractivity contribution in [3.8, 4) is 5.75 Å². The van der Waals surface area contributed by atoms with Gasteiger partial charge >= 0.3 is 17.9 Å². The maximum Gasteiger partial charge on any atom is 0.326 e. The van der Waals surface area contributed by atoms with E-state index in [0.29, 0.717) is 16.7 Å². The fourth-order valence-corrected chi connectivity index (χ4v) is 12.9. The van der Waals surface area contributed by atoms with Crippen molar-refractivity contribution in [3.05, 3.63) is 102 Å². The number of carboxylic acids is 3. The highest BCUT2D eigenvalue weighted by atomic mass is 16.4. The number of carboxylic acid groups (broad SMARTS) is 3. The maximum absolute atomic E-state index is 14.7. The number of phenolic OH excluding ortho intramolecular Hbond substituents is 1. The van der Waals surface area contributed by atoms with Gasteiger partial charge in [0.05, 0.1) is 26.2 Å². The molecule has 0 spiro atoms. The molecule has 0 unspecified atom stereocenters. The topological polar surface area (TPSA) is 759 Å². The van der Waals surface area contributed by atoms with Gasteiger partial charge in [0.15, 0.2) is 11.9 Å². The Bertz CT molecular complexity index is 4380. The molecule has 16 atom stereocenters. The average Bonchev–Trinajstić information content (AvgIpc) is 0.905. The highest BCUT2D eigenvalue weighted by molar-refractivity contribution is 6.01. The van der Waals surface area contributed by atoms with Gasteiger partial charge in [-0.15, -0.1) is 0 Å². The van der Waals surface area contributed by atoms with E-state index in [0.717, 1.165) is 0 Å². The van der Waals surface area contributed by atoms with Crippen molar-refractivity contribution >= 4 is 118 Å². The first-order valence-electron chi connectivity index (χ1n) is 42.8. The number of benzene rings is 3. The Kier molecular flexibility index (Phi) is 48.8. The van der Waals surface area contributed by atoms with Crippen LogP contribution in [0, 0.1) is 34.5 Å². The van der Waals surface area contributed by atoms with Crippen LogP contribution >= 0.6 is 0 Å². The SMILES string of the molecule is CC[C@H](C)[C@H](NC(=O)[C@H](Cc1ccccc1)NC(=O)[C@H](CO)NC(=O)[C@H](CC(C)C)NC(=O)[C@@H](NC(=O)[C@H](CCCNC(=N)N)NC(=O)[C@H](CC(C)C)NC(=O)[C@H](CC(=O)O)NC(=O)[C@H](CCC(=O)O)NC(=O)[C@H](Cc1ccccc1)NC(=O)[C@H](C)NC(=O)[C@H](C)NC(=O)[C@@H](N)CO)C(C)C)C(=O)N[C@@H](CCCNC(=N)N)C(=O)NCC(=O)N[C@@H](Cc1ccc(O)cc1)C(=O)O. The minimum atomic E-state index is -2.09. The predicted octanol–water partition coefficient (Wildman–Crippen LogP) is -5.58. The van der Waals surface area contributed by atoms with E-state index in [-0.39, 0.29) is 83.0 Å². The molecule has 46 heteroatoms. The van der Waals surface area contributed by atoms with Gasteiger partial charge < -0.3 is 138 Å². The second kappa shape index (κ2) is 57.3. The van der Waals surface area contributed by atoms with Crippen molar-refractivity contribution in [2.24, 2.45) is 40.9 Å². The second-order valence-electron chi connectivity index (χ2n) is 32.8. The number of nitrogens with one attached hydrogen (secondary N) is 19. The quantitative estimate of drug-likeness (QED) is 0.0142. The first-order chi connectivity index (χ1) is 61.7. The molecule has 3 rings (SSSR count). The van der Waals surface area contributed by atoms with Crippen molar-refractivity contribution in [1.82, 2.24) is 90.4 Å². The molecule has 0 aromatic heterocycles. The van der Waals surface area contributed by atoms with Crippen molar-refractivity contribution in [2.75, 3.05) is 32.8 Å². The average molecular weight is 1840 g/mol. The molecule has 0 fully saturated rings. The summed E-state index contributed by atoms with van der Waals surface area (Å²) in [5.74, 6) is -23.3. The first kappa shape index (κ1) is 112. The summed E-state index contributed by atoms with van der Waals surface area (Å²) in [7, 11) is 0. The van der Waals surface area contributed by atoms with Crippen LogP contribution in [0.15, 0.2) is 84.9 Å². The monoisotopic (exact) mass is 1840 g/mol. The van der Waals surface area contributed by atoms with E-state index < -0.39 is 272 Å². The highest BCUT2D eigenvalue weighted by Crippen LogP contribution is 2.18. The zero-order chi connectivity index (χ0) is 98.5. The number of aliphatic carboxylic acids is 3. The van der Waals surface area contributed by atoms with E-state index in [9.17, 15) is 117 Å². The van der Waals surface area contributed by atoms with Crippen LogP contribution in [0.2, 0.25) is 0 Å². The van der Waals surface area contributed by atoms with Crippen LogP contribution in [0.5, 0.6) is 5.75 Å². The fourth-order valence-electron chi connectivity index (χ4n) is 12.9. The van der Waals surface area contributed by atoms with Gasteiger partial charge in [0, 0.05) is 38.8 Å². The normalized spacial score (nSPS) is 14.7. The highest BCUT2D eigenvalue weighted by Gasteiger charge is 2.40. The molecular formula is C85H130N22O24. The third-order valence-corrected chi connectivity index (χ3v) is 20.4. The van der Waals surface area contributed by atoms with Gasteiger partial charge in [0.25, 0.3) is 0 Å². The molecule has 131 heavy (non-hydrogen) atoms. The predicted molar refractivity (Wildman–Crippen MR) is 474 cm³/mol. The van der Waals surface area contributed by atoms with Gasteiger partial charge in [-0.3, -0.25) is 92.3 Å². The molecule has 0 aliphatic rings. The number of phenols is 1. The molecule has 46 nitrogen and oxygen atoms in total. The minimum absolute atomic E-state index is 0.0138. The standard InChI is InChI=1S/C85H130N22O24/c1-11-46(8)68(82(129)99-54(24-18-32-91-84(87)88)72(119)93-40-64(111)96-62(83(130)131)38-51-26-28-52(110)29-27-51)107-79(126)60(37-50-22-16-13-17-23-50)102-80(127)63(42-109)105-76(123)58(35-44(4)5)104-81(128)67(45(6)7)106-74(121)55(25-19-33-92-85(89)90)97-75(122)57(34-43(2)3)101-78(125)61(39-66(114)115)103-73(120)56(30-31-65(112)113)98-77(124)59(36-49-20-14-12-15-21-49)100-70(117)48(10)94-69(116)47(9)95-71(118)53(86)41-108/h12-17,20-23,26-29,43-48,53-63,67-68,108-110H,11,18-19,24-25,30-42,86H2,1-10H3,(H,93,119)(H,94,116)(H,95,118)(H,96,111)(H,97,122)(H,98,124)(H,99,129)(H,100,117)(H,101,125)(H,102,127)(H,103,120)(H,104,128)(H,105,123)(H,106,121)(H,107,126)(H,112,113)(H,114,115)(H,130,131)(H4,87,88,91)(H4,89,90,92)/t46-,47-,48-,53-,54-,55-,56-,57-,58-,59-,60-,61-,62-,63-,67-,68-/m0/s1. The summed E-state index contributed by atoms with van der Waals surface area (Å²) in [6.45, 7) is 12.9. The van der Waals surface area contributed by atoms with Crippen LogP contribution in [0.1, 0.15) is 150 Å². The Labute approximate surface area is 757 Å². The van der Waals surface area contributed by atoms with Crippen molar-refractivity contribution in [3.63, 3.8) is 0 Å². The van der Waals surface area contributed by atoms with Crippen LogP contribution in [0.4, 0.5) is 0 Å². The van der Waals surface area contributed by atoms with Gasteiger partial charge in [0.2, 0.25) is 88.6 Å². The van der Waals surface area contributed by atoms with Gasteiger partial charge in [-0.1, -0.05) is 135 Å². The first-order valence-corrected chi connectivity index (χ1v) is 42.8. The number of aliphatic hydroxyl groups excluding tert-OH is 2. The Balaban J connectivity index is 1.94. The number of amides is 15. The summed E-state index contributed by atoms with van der Waals surface area (Å²) < 4.78 is 0. The van der Waals surface area contributed by atoms with Gasteiger partial charge in [-0.2, -0.15) is 0 Å². The second-order valence-corrected chi connectivity index (χ2v) is 32.8. The van der Waals surface area contributed by atoms with Crippen LogP contribution in [-0.4, -0.2) is 273 Å². The smallest absolute Gasteiger partial charge is 0.326 e. The Morgan fingerprint density at radius 3 is 1.19 bits per heavy atom. The number of aromatic hydroxyl groups is 1. The number of nitrogens with two attached hydrogens (primary N) is 3. The Hall–Kier alpha value is -13.7. The lowest BCUT2D eigenvalue weighted by Crippen LogP contribution is -2.62. The summed E-state index contributed by atoms with van der Waals surface area (Å²) in [4.78, 5) is 248. The fraction of sp³-hybridized carbons (Fsp3) is 0.553. The zero-order valence-electron chi connectivity index (χ0n) is 75.0. The number of aliphatic hydroxyl groups is 2. The minimum Gasteiger partial charge on any atom is -0.508 e. The summed E-state index contributed by atoms with van der Waals surface area (Å²) in [5.41, 5.74) is 17.9. The lowest BCUT2D eigenvalue weighted by molar-refractivity contribution is -0.142. The van der Waals surface area contributed by atoms with E-state index >= 15 is 0 Å². The molecule has 3 aromatic rings. The summed E-state index contributed by atoms with van der Waals surface area (Å²) in [6.07, 6.45) is -3.86. The van der Waals surface area contributed by atoms with Crippen LogP contribution in [0.25, 0.3) is 0 Å². The van der Waals surface area contributed by atoms with Gasteiger partial charge in [-0.25, -0.2) is 4.79 Å². The number of rotatable bonds is 59. The third-order valence-electron chi connectivity index (χ3n) is 20.4. The molecule has 0 radical (unpaired) electrons. The molecule has 0 aliphatic heterocycles. The molecule has 15 amide bonds. The molecule has 0 saturated heterocycles. The molecular weight excluding hydrogens is 1710 g/mol. The van der Waals surface area contributed by atoms with E-state index in [1.54, 1.807) is 102 Å². The van der Waals surface area contributed by atoms with Crippen LogP contribution in [0.3, 0.4) is 0 Å². The van der Waals surface area contributed by atoms with E-state index in [2.05, 4.69) is 90.4 Å². The Morgan fingerprint density at radius 1 is 0.366 bits per heavy atom. The van der Waals surface area contributed by atoms with Gasteiger partial charge in [-0.05, 0) is 111 Å². The van der Waals surface area contributed by atoms with E-state index in [1.165, 1.54) is 52.0 Å². The van der Waals surface area contributed by atoms with Crippen LogP contribution in [-0.2, 0) is 106 Å². The number of hydrogen-bond acceptors (Lipinski definition) is 24.